The quantitative estimate of drug-likeness (QED) is 0.878. The predicted octanol–water partition coefficient (Wildman–Crippen LogP) is 3.09. The van der Waals surface area contributed by atoms with E-state index in [0.717, 1.165) is 37.0 Å². The van der Waals surface area contributed by atoms with Crippen LogP contribution in [0.4, 0.5) is 5.69 Å². The van der Waals surface area contributed by atoms with Crippen molar-refractivity contribution in [2.75, 3.05) is 18.4 Å². The van der Waals surface area contributed by atoms with Crippen molar-refractivity contribution in [2.45, 2.75) is 19.8 Å². The van der Waals surface area contributed by atoms with Gasteiger partial charge in [-0.2, -0.15) is 0 Å². The van der Waals surface area contributed by atoms with Crippen LogP contribution in [0.3, 0.4) is 0 Å². The van der Waals surface area contributed by atoms with Gasteiger partial charge in [0.25, 0.3) is 0 Å². The molecule has 0 saturated carbocycles. The molecule has 0 radical (unpaired) electrons. The molecular weight excluding hydrogens is 248 g/mol. The van der Waals surface area contributed by atoms with E-state index in [1.54, 1.807) is 0 Å². The highest BCUT2D eigenvalue weighted by Gasteiger charge is 2.20. The molecule has 1 heterocycles. The molecule has 1 saturated heterocycles. The molecule has 3 heteroatoms. The summed E-state index contributed by atoms with van der Waals surface area (Å²) in [4.78, 5) is 12.2. The Bertz CT molecular complexity index is 630. The van der Waals surface area contributed by atoms with Gasteiger partial charge in [0.05, 0.1) is 5.92 Å². The Balaban J connectivity index is 1.76. The molecule has 0 spiro atoms. The van der Waals surface area contributed by atoms with Crippen LogP contribution in [0, 0.1) is 12.8 Å². The maximum Gasteiger partial charge on any atom is 0.228 e. The summed E-state index contributed by atoms with van der Waals surface area (Å²) in [5.74, 6) is 0.223. The van der Waals surface area contributed by atoms with Gasteiger partial charge in [0, 0.05) is 12.2 Å². The van der Waals surface area contributed by atoms with Gasteiger partial charge < -0.3 is 10.6 Å². The highest BCUT2D eigenvalue weighted by molar-refractivity contribution is 5.95. The second kappa shape index (κ2) is 5.63. The summed E-state index contributed by atoms with van der Waals surface area (Å²) in [5, 5.41) is 8.69. The minimum atomic E-state index is 0.0949. The molecular formula is C17H20N2O. The third-order valence-electron chi connectivity index (χ3n) is 3.93. The van der Waals surface area contributed by atoms with Crippen molar-refractivity contribution in [1.82, 2.24) is 5.32 Å². The van der Waals surface area contributed by atoms with Gasteiger partial charge in [-0.3, -0.25) is 4.79 Å². The van der Waals surface area contributed by atoms with Crippen molar-refractivity contribution in [3.8, 4) is 0 Å². The SMILES string of the molecule is Cc1ccc2cc(NC(=O)C3CCCNC3)ccc2c1. The van der Waals surface area contributed by atoms with Crippen LogP contribution in [0.25, 0.3) is 10.8 Å². The van der Waals surface area contributed by atoms with Gasteiger partial charge in [0.1, 0.15) is 0 Å². The third-order valence-corrected chi connectivity index (χ3v) is 3.93. The van der Waals surface area contributed by atoms with Crippen molar-refractivity contribution in [3.63, 3.8) is 0 Å². The molecule has 20 heavy (non-hydrogen) atoms. The molecule has 3 rings (SSSR count). The zero-order chi connectivity index (χ0) is 13.9. The maximum absolute atomic E-state index is 12.2. The van der Waals surface area contributed by atoms with Crippen molar-refractivity contribution < 1.29 is 4.79 Å². The first-order valence-electron chi connectivity index (χ1n) is 7.24. The van der Waals surface area contributed by atoms with Crippen LogP contribution in [-0.2, 0) is 4.79 Å². The smallest absolute Gasteiger partial charge is 0.228 e. The van der Waals surface area contributed by atoms with Gasteiger partial charge in [-0.1, -0.05) is 29.8 Å². The van der Waals surface area contributed by atoms with Crippen molar-refractivity contribution in [2.24, 2.45) is 5.92 Å². The number of hydrogen-bond donors (Lipinski definition) is 2. The second-order valence-electron chi connectivity index (χ2n) is 5.60. The molecule has 3 nitrogen and oxygen atoms in total. The lowest BCUT2D eigenvalue weighted by Crippen LogP contribution is -2.37. The van der Waals surface area contributed by atoms with E-state index in [-0.39, 0.29) is 11.8 Å². The lowest BCUT2D eigenvalue weighted by molar-refractivity contribution is -0.120. The Labute approximate surface area is 119 Å². The Hall–Kier alpha value is -1.87. The number of piperidine rings is 1. The van der Waals surface area contributed by atoms with Crippen LogP contribution in [0.15, 0.2) is 36.4 Å². The summed E-state index contributed by atoms with van der Waals surface area (Å²) in [6, 6.07) is 12.4. The first kappa shape index (κ1) is 13.1. The minimum Gasteiger partial charge on any atom is -0.326 e. The number of fused-ring (bicyclic) bond motifs is 1. The van der Waals surface area contributed by atoms with E-state index in [1.165, 1.54) is 10.9 Å². The van der Waals surface area contributed by atoms with E-state index in [0.29, 0.717) is 0 Å². The third kappa shape index (κ3) is 2.83. The summed E-state index contributed by atoms with van der Waals surface area (Å²) < 4.78 is 0. The molecule has 1 aliphatic heterocycles. The van der Waals surface area contributed by atoms with Gasteiger partial charge in [-0.15, -0.1) is 0 Å². The minimum absolute atomic E-state index is 0.0949. The first-order chi connectivity index (χ1) is 9.72. The average Bonchev–Trinajstić information content (AvgIpc) is 2.48. The van der Waals surface area contributed by atoms with Crippen LogP contribution in [-0.4, -0.2) is 19.0 Å². The highest BCUT2D eigenvalue weighted by atomic mass is 16.1. The van der Waals surface area contributed by atoms with Crippen LogP contribution >= 0.6 is 0 Å². The Morgan fingerprint density at radius 1 is 1.20 bits per heavy atom. The van der Waals surface area contributed by atoms with Crippen LogP contribution in [0.2, 0.25) is 0 Å². The predicted molar refractivity (Wildman–Crippen MR) is 82.9 cm³/mol. The molecule has 2 aromatic rings. The van der Waals surface area contributed by atoms with Gasteiger partial charge in [0.2, 0.25) is 5.91 Å². The zero-order valence-corrected chi connectivity index (χ0v) is 11.8. The molecule has 1 amide bonds. The zero-order valence-electron chi connectivity index (χ0n) is 11.8. The monoisotopic (exact) mass is 268 g/mol. The molecule has 2 N–H and O–H groups in total. The van der Waals surface area contributed by atoms with Crippen LogP contribution in [0.1, 0.15) is 18.4 Å². The Morgan fingerprint density at radius 2 is 2.00 bits per heavy atom. The Kier molecular flexibility index (Phi) is 3.70. The second-order valence-corrected chi connectivity index (χ2v) is 5.60. The van der Waals surface area contributed by atoms with E-state index in [9.17, 15) is 4.79 Å². The topological polar surface area (TPSA) is 41.1 Å². The number of carbonyl (C=O) groups is 1. The van der Waals surface area contributed by atoms with E-state index in [1.807, 2.05) is 12.1 Å². The molecule has 1 atom stereocenters. The number of nitrogens with one attached hydrogen (secondary N) is 2. The van der Waals surface area contributed by atoms with Crippen molar-refractivity contribution in [3.05, 3.63) is 42.0 Å². The van der Waals surface area contributed by atoms with Gasteiger partial charge in [-0.05, 0) is 49.2 Å². The number of rotatable bonds is 2. The molecule has 1 aliphatic rings. The largest absolute Gasteiger partial charge is 0.326 e. The van der Waals surface area contributed by atoms with Gasteiger partial charge >= 0.3 is 0 Å². The number of aryl methyl sites for hydroxylation is 1. The number of anilines is 1. The number of amides is 1. The highest BCUT2D eigenvalue weighted by Crippen LogP contribution is 2.21. The fraction of sp³-hybridized carbons (Fsp3) is 0.353. The first-order valence-corrected chi connectivity index (χ1v) is 7.24. The standard InChI is InChI=1S/C17H20N2O/c1-12-4-5-14-10-16(7-6-13(14)9-12)19-17(20)15-3-2-8-18-11-15/h4-7,9-10,15,18H,2-3,8,11H2,1H3,(H,19,20). The number of benzene rings is 2. The molecule has 1 unspecified atom stereocenters. The summed E-state index contributed by atoms with van der Waals surface area (Å²) >= 11 is 0. The normalized spacial score (nSPS) is 18.9. The van der Waals surface area contributed by atoms with E-state index in [4.69, 9.17) is 0 Å². The maximum atomic E-state index is 12.2. The summed E-state index contributed by atoms with van der Waals surface area (Å²) in [6.07, 6.45) is 2.06. The lowest BCUT2D eigenvalue weighted by Gasteiger charge is -2.22. The van der Waals surface area contributed by atoms with E-state index < -0.39 is 0 Å². The molecule has 0 aliphatic carbocycles. The van der Waals surface area contributed by atoms with Crippen molar-refractivity contribution >= 4 is 22.4 Å². The summed E-state index contributed by atoms with van der Waals surface area (Å²) in [6.45, 7) is 3.91. The van der Waals surface area contributed by atoms with E-state index >= 15 is 0 Å². The number of hydrogen-bond acceptors (Lipinski definition) is 2. The molecule has 0 bridgehead atoms. The fourth-order valence-electron chi connectivity index (χ4n) is 2.76. The van der Waals surface area contributed by atoms with Gasteiger partial charge in [0.15, 0.2) is 0 Å². The lowest BCUT2D eigenvalue weighted by atomic mass is 9.98. The summed E-state index contributed by atoms with van der Waals surface area (Å²) in [5.41, 5.74) is 2.14. The van der Waals surface area contributed by atoms with Crippen LogP contribution in [0.5, 0.6) is 0 Å². The van der Waals surface area contributed by atoms with E-state index in [2.05, 4.69) is 41.8 Å². The average molecular weight is 268 g/mol. The fourth-order valence-corrected chi connectivity index (χ4v) is 2.76. The number of carbonyl (C=O) groups excluding carboxylic acids is 1. The van der Waals surface area contributed by atoms with Crippen LogP contribution < -0.4 is 10.6 Å². The molecule has 1 fully saturated rings. The summed E-state index contributed by atoms with van der Waals surface area (Å²) in [7, 11) is 0. The Morgan fingerprint density at radius 3 is 2.80 bits per heavy atom. The molecule has 104 valence electrons. The van der Waals surface area contributed by atoms with Crippen molar-refractivity contribution in [1.29, 1.82) is 0 Å². The van der Waals surface area contributed by atoms with Gasteiger partial charge in [-0.25, -0.2) is 0 Å². The molecule has 0 aromatic heterocycles. The molecule has 2 aromatic carbocycles.